The second-order valence-electron chi connectivity index (χ2n) is 8.70. The first-order valence-corrected chi connectivity index (χ1v) is 10.5. The summed E-state index contributed by atoms with van der Waals surface area (Å²) in [4.78, 5) is 9.26. The molecule has 0 amide bonds. The molecule has 0 heterocycles. The fraction of sp³-hybridized carbons (Fsp3) is 0.700. The Morgan fingerprint density at radius 2 is 1.48 bits per heavy atom. The highest BCUT2D eigenvalue weighted by Crippen LogP contribution is 2.40. The summed E-state index contributed by atoms with van der Waals surface area (Å²) in [5.41, 5.74) is 6.72. The maximum absolute atomic E-state index is 9.26. The zero-order valence-electron chi connectivity index (χ0n) is 16.7. The van der Waals surface area contributed by atoms with E-state index in [1.54, 1.807) is 0 Å². The third-order valence-corrected chi connectivity index (χ3v) is 5.19. The SMILES string of the molecule is Cc1c(C)c(C(C)(C)C)c(C)c(CCC[SiH2]O)c1OC(C)(C)C. The van der Waals surface area contributed by atoms with Crippen molar-refractivity contribution in [3.8, 4) is 5.75 Å². The molecule has 1 aromatic rings. The van der Waals surface area contributed by atoms with Crippen molar-refractivity contribution in [3.05, 3.63) is 27.8 Å². The van der Waals surface area contributed by atoms with Crippen LogP contribution >= 0.6 is 0 Å². The Morgan fingerprint density at radius 3 is 1.91 bits per heavy atom. The second-order valence-corrected chi connectivity index (χ2v) is 9.86. The highest BCUT2D eigenvalue weighted by atomic mass is 28.2. The van der Waals surface area contributed by atoms with Gasteiger partial charge in [-0.05, 0) is 93.7 Å². The third-order valence-electron chi connectivity index (χ3n) is 4.37. The van der Waals surface area contributed by atoms with Gasteiger partial charge in [0.25, 0.3) is 0 Å². The van der Waals surface area contributed by atoms with E-state index in [1.165, 1.54) is 27.8 Å². The quantitative estimate of drug-likeness (QED) is 0.633. The molecule has 0 aliphatic rings. The second kappa shape index (κ2) is 7.39. The fourth-order valence-corrected chi connectivity index (χ4v) is 3.94. The van der Waals surface area contributed by atoms with Gasteiger partial charge in [0.15, 0.2) is 9.76 Å². The van der Waals surface area contributed by atoms with Crippen LogP contribution in [0.5, 0.6) is 5.75 Å². The van der Waals surface area contributed by atoms with E-state index in [4.69, 9.17) is 4.74 Å². The Morgan fingerprint density at radius 1 is 0.913 bits per heavy atom. The molecule has 23 heavy (non-hydrogen) atoms. The largest absolute Gasteiger partial charge is 0.488 e. The zero-order chi connectivity index (χ0) is 18.0. The molecular formula is C20H36O2Si. The van der Waals surface area contributed by atoms with E-state index in [9.17, 15) is 4.80 Å². The molecule has 0 bridgehead atoms. The minimum atomic E-state index is -0.856. The van der Waals surface area contributed by atoms with Gasteiger partial charge in [0, 0.05) is 0 Å². The van der Waals surface area contributed by atoms with Crippen LogP contribution in [0.15, 0.2) is 0 Å². The van der Waals surface area contributed by atoms with Gasteiger partial charge < -0.3 is 9.53 Å². The topological polar surface area (TPSA) is 29.5 Å². The van der Waals surface area contributed by atoms with Crippen LogP contribution in [-0.4, -0.2) is 20.2 Å². The maximum atomic E-state index is 9.26. The molecule has 1 N–H and O–H groups in total. The number of ether oxygens (including phenoxy) is 1. The van der Waals surface area contributed by atoms with Gasteiger partial charge in [-0.1, -0.05) is 20.8 Å². The van der Waals surface area contributed by atoms with Crippen LogP contribution in [0.2, 0.25) is 6.04 Å². The van der Waals surface area contributed by atoms with Crippen LogP contribution in [0, 0.1) is 20.8 Å². The van der Waals surface area contributed by atoms with Gasteiger partial charge in [0.1, 0.15) is 11.4 Å². The van der Waals surface area contributed by atoms with Gasteiger partial charge in [-0.2, -0.15) is 0 Å². The van der Waals surface area contributed by atoms with Crippen LogP contribution in [0.25, 0.3) is 0 Å². The van der Waals surface area contributed by atoms with Crippen molar-refractivity contribution in [1.29, 1.82) is 0 Å². The number of hydrogen-bond acceptors (Lipinski definition) is 2. The lowest BCUT2D eigenvalue weighted by Gasteiger charge is -2.32. The van der Waals surface area contributed by atoms with Crippen molar-refractivity contribution in [2.45, 2.75) is 92.2 Å². The average molecular weight is 337 g/mol. The average Bonchev–Trinajstić information content (AvgIpc) is 2.36. The molecule has 0 aliphatic carbocycles. The molecule has 132 valence electrons. The monoisotopic (exact) mass is 336 g/mol. The summed E-state index contributed by atoms with van der Waals surface area (Å²) >= 11 is 0. The summed E-state index contributed by atoms with van der Waals surface area (Å²) in [5, 5.41) is 0. The smallest absolute Gasteiger partial charge is 0.156 e. The highest BCUT2D eigenvalue weighted by molar-refractivity contribution is 6.25. The first kappa shape index (κ1) is 20.2. The minimum absolute atomic E-state index is 0.125. The molecule has 0 saturated carbocycles. The van der Waals surface area contributed by atoms with E-state index < -0.39 is 9.76 Å². The van der Waals surface area contributed by atoms with Crippen LogP contribution in [0.1, 0.15) is 75.8 Å². The zero-order valence-corrected chi connectivity index (χ0v) is 18.1. The Bertz CT molecular complexity index is 548. The third kappa shape index (κ3) is 5.08. The Labute approximate surface area is 145 Å². The van der Waals surface area contributed by atoms with Crippen molar-refractivity contribution in [2.24, 2.45) is 0 Å². The fourth-order valence-electron chi connectivity index (χ4n) is 3.47. The number of rotatable bonds is 5. The van der Waals surface area contributed by atoms with Crippen molar-refractivity contribution < 1.29 is 9.53 Å². The highest BCUT2D eigenvalue weighted by Gasteiger charge is 2.27. The summed E-state index contributed by atoms with van der Waals surface area (Å²) in [6, 6.07) is 0.978. The van der Waals surface area contributed by atoms with Crippen molar-refractivity contribution in [1.82, 2.24) is 0 Å². The van der Waals surface area contributed by atoms with Crippen LogP contribution in [0.3, 0.4) is 0 Å². The first-order chi connectivity index (χ1) is 10.4. The molecule has 2 nitrogen and oxygen atoms in total. The van der Waals surface area contributed by atoms with Crippen molar-refractivity contribution >= 4 is 9.76 Å². The molecule has 0 fully saturated rings. The minimum Gasteiger partial charge on any atom is -0.488 e. The van der Waals surface area contributed by atoms with E-state index in [0.29, 0.717) is 0 Å². The lowest BCUT2D eigenvalue weighted by Crippen LogP contribution is -2.26. The molecule has 0 aromatic heterocycles. The van der Waals surface area contributed by atoms with Gasteiger partial charge in [0.2, 0.25) is 0 Å². The summed E-state index contributed by atoms with van der Waals surface area (Å²) in [6.45, 7) is 19.9. The molecule has 0 atom stereocenters. The van der Waals surface area contributed by atoms with Crippen LogP contribution in [0.4, 0.5) is 0 Å². The molecular weight excluding hydrogens is 300 g/mol. The lowest BCUT2D eigenvalue weighted by molar-refractivity contribution is 0.128. The van der Waals surface area contributed by atoms with Crippen LogP contribution in [-0.2, 0) is 11.8 Å². The first-order valence-electron chi connectivity index (χ1n) is 8.83. The van der Waals surface area contributed by atoms with Crippen LogP contribution < -0.4 is 4.74 Å². The van der Waals surface area contributed by atoms with E-state index in [-0.39, 0.29) is 11.0 Å². The van der Waals surface area contributed by atoms with Crippen molar-refractivity contribution in [2.75, 3.05) is 0 Å². The predicted molar refractivity (Wildman–Crippen MR) is 104 cm³/mol. The van der Waals surface area contributed by atoms with E-state index >= 15 is 0 Å². The van der Waals surface area contributed by atoms with E-state index in [2.05, 4.69) is 62.3 Å². The lowest BCUT2D eigenvalue weighted by atomic mass is 9.77. The maximum Gasteiger partial charge on any atom is 0.156 e. The molecule has 0 aliphatic heterocycles. The molecule has 0 unspecified atom stereocenters. The summed E-state index contributed by atoms with van der Waals surface area (Å²) in [5.74, 6) is 1.07. The van der Waals surface area contributed by atoms with Gasteiger partial charge in [0.05, 0.1) is 0 Å². The molecule has 1 rings (SSSR count). The summed E-state index contributed by atoms with van der Waals surface area (Å²) < 4.78 is 6.37. The summed E-state index contributed by atoms with van der Waals surface area (Å²) in [7, 11) is -0.856. The van der Waals surface area contributed by atoms with Gasteiger partial charge in [-0.3, -0.25) is 0 Å². The Kier molecular flexibility index (Phi) is 6.51. The van der Waals surface area contributed by atoms with E-state index in [0.717, 1.165) is 24.6 Å². The molecule has 0 saturated heterocycles. The van der Waals surface area contributed by atoms with E-state index in [1.807, 2.05) is 0 Å². The Hall–Kier alpha value is -0.803. The molecule has 3 heteroatoms. The predicted octanol–water partition coefficient (Wildman–Crippen LogP) is 4.51. The normalized spacial score (nSPS) is 13.1. The van der Waals surface area contributed by atoms with Gasteiger partial charge in [-0.25, -0.2) is 0 Å². The molecule has 1 aromatic carbocycles. The van der Waals surface area contributed by atoms with Crippen molar-refractivity contribution in [3.63, 3.8) is 0 Å². The molecule has 0 spiro atoms. The number of benzene rings is 1. The Balaban J connectivity index is 3.54. The summed E-state index contributed by atoms with van der Waals surface area (Å²) in [6.07, 6.45) is 2.05. The number of hydrogen-bond donors (Lipinski definition) is 1. The van der Waals surface area contributed by atoms with Gasteiger partial charge >= 0.3 is 0 Å². The standard InChI is InChI=1S/C20H36O2Si/c1-13-14(2)18(22-20(7,8)9)16(11-10-12-23-21)15(3)17(13)19(4,5)6/h21H,10-12,23H2,1-9H3. The van der Waals surface area contributed by atoms with Gasteiger partial charge in [-0.15, -0.1) is 0 Å². The molecule has 0 radical (unpaired) electrons.